The zero-order valence-electron chi connectivity index (χ0n) is 16.5. The van der Waals surface area contributed by atoms with Crippen LogP contribution in [0.5, 0.6) is 0 Å². The Balaban J connectivity index is 2.17. The molecule has 2 unspecified atom stereocenters. The van der Waals surface area contributed by atoms with E-state index < -0.39 is 11.4 Å². The molecule has 0 heterocycles. The summed E-state index contributed by atoms with van der Waals surface area (Å²) >= 11 is 0. The van der Waals surface area contributed by atoms with Crippen LogP contribution in [0.4, 0.5) is 0 Å². The highest BCUT2D eigenvalue weighted by atomic mass is 16.4. The maximum Gasteiger partial charge on any atom is 0.318 e. The minimum absolute atomic E-state index is 0.113. The van der Waals surface area contributed by atoms with Crippen molar-refractivity contribution in [1.82, 2.24) is 0 Å². The average molecular weight is 351 g/mol. The lowest BCUT2D eigenvalue weighted by molar-refractivity contribution is -0.144. The van der Waals surface area contributed by atoms with Crippen LogP contribution >= 0.6 is 0 Å². The normalized spacial score (nSPS) is 28.9. The van der Waals surface area contributed by atoms with Gasteiger partial charge in [0.2, 0.25) is 0 Å². The van der Waals surface area contributed by atoms with Crippen molar-refractivity contribution in [2.24, 2.45) is 5.41 Å². The molecule has 0 saturated heterocycles. The van der Waals surface area contributed by atoms with Crippen molar-refractivity contribution in [3.05, 3.63) is 71.3 Å². The number of carboxylic acid groups (broad SMARTS) is 1. The molecule has 0 fully saturated rings. The van der Waals surface area contributed by atoms with Gasteiger partial charge in [-0.3, -0.25) is 4.79 Å². The van der Waals surface area contributed by atoms with Crippen molar-refractivity contribution in [1.29, 1.82) is 0 Å². The lowest BCUT2D eigenvalue weighted by atomic mass is 9.61. The maximum absolute atomic E-state index is 12.2. The summed E-state index contributed by atoms with van der Waals surface area (Å²) in [6.45, 7) is 11.1. The van der Waals surface area contributed by atoms with Crippen molar-refractivity contribution in [3.8, 4) is 0 Å². The van der Waals surface area contributed by atoms with Gasteiger partial charge in [-0.15, -0.1) is 0 Å². The monoisotopic (exact) mass is 350 g/mol. The number of benzene rings is 1. The van der Waals surface area contributed by atoms with Gasteiger partial charge in [-0.25, -0.2) is 0 Å². The van der Waals surface area contributed by atoms with Crippen LogP contribution in [0.25, 0.3) is 0 Å². The van der Waals surface area contributed by atoms with Gasteiger partial charge in [0.1, 0.15) is 5.41 Å². The standard InChI is InChI=1S/C24H30O2/c1-6-12-24(21(25)26)13-8-7-9-18(24)17-10-11-19-20(16-17)23(4,5)15-14-22(19,2)3/h6-13,16,18H,14-15H2,1-5H3,(H,25,26). The largest absolute Gasteiger partial charge is 0.480 e. The van der Waals surface area contributed by atoms with E-state index >= 15 is 0 Å². The molecule has 0 spiro atoms. The number of aliphatic carboxylic acids is 1. The molecule has 1 N–H and O–H groups in total. The van der Waals surface area contributed by atoms with E-state index in [0.29, 0.717) is 0 Å². The van der Waals surface area contributed by atoms with Gasteiger partial charge in [-0.1, -0.05) is 82.4 Å². The molecule has 2 aliphatic carbocycles. The molecule has 26 heavy (non-hydrogen) atoms. The van der Waals surface area contributed by atoms with E-state index in [4.69, 9.17) is 0 Å². The van der Waals surface area contributed by atoms with Gasteiger partial charge in [0, 0.05) is 5.92 Å². The molecule has 2 atom stereocenters. The minimum atomic E-state index is -1.02. The van der Waals surface area contributed by atoms with Gasteiger partial charge in [0.25, 0.3) is 0 Å². The predicted octanol–water partition coefficient (Wildman–Crippen LogP) is 5.89. The van der Waals surface area contributed by atoms with Crippen LogP contribution in [-0.2, 0) is 15.6 Å². The molecule has 0 aromatic heterocycles. The first-order chi connectivity index (χ1) is 12.1. The summed E-state index contributed by atoms with van der Waals surface area (Å²) in [7, 11) is 0. The summed E-state index contributed by atoms with van der Waals surface area (Å²) in [5.41, 5.74) is 3.11. The van der Waals surface area contributed by atoms with Crippen LogP contribution in [0.3, 0.4) is 0 Å². The molecule has 138 valence electrons. The van der Waals surface area contributed by atoms with Crippen molar-refractivity contribution in [2.45, 2.75) is 64.2 Å². The summed E-state index contributed by atoms with van der Waals surface area (Å²) in [6.07, 6.45) is 13.6. The Kier molecular flexibility index (Phi) is 4.50. The molecule has 0 aliphatic heterocycles. The van der Waals surface area contributed by atoms with Crippen molar-refractivity contribution in [3.63, 3.8) is 0 Å². The van der Waals surface area contributed by atoms with Gasteiger partial charge < -0.3 is 5.11 Å². The molecule has 2 heteroatoms. The number of hydrogen-bond acceptors (Lipinski definition) is 1. The van der Waals surface area contributed by atoms with Gasteiger partial charge >= 0.3 is 5.97 Å². The Labute approximate surface area is 157 Å². The van der Waals surface area contributed by atoms with Gasteiger partial charge in [0.05, 0.1) is 0 Å². The third-order valence-corrected chi connectivity index (χ3v) is 6.35. The molecular weight excluding hydrogens is 320 g/mol. The third kappa shape index (κ3) is 2.86. The zero-order valence-corrected chi connectivity index (χ0v) is 16.5. The number of allylic oxidation sites excluding steroid dienone is 4. The Morgan fingerprint density at radius 2 is 1.73 bits per heavy atom. The minimum Gasteiger partial charge on any atom is -0.480 e. The quantitative estimate of drug-likeness (QED) is 0.690. The second kappa shape index (κ2) is 6.26. The Morgan fingerprint density at radius 1 is 1.08 bits per heavy atom. The Morgan fingerprint density at radius 3 is 2.35 bits per heavy atom. The van der Waals surface area contributed by atoms with E-state index in [1.165, 1.54) is 17.5 Å². The first-order valence-electron chi connectivity index (χ1n) is 9.52. The molecule has 1 aromatic carbocycles. The van der Waals surface area contributed by atoms with E-state index in [9.17, 15) is 9.90 Å². The van der Waals surface area contributed by atoms with Gasteiger partial charge in [-0.05, 0) is 47.3 Å². The second-order valence-electron chi connectivity index (χ2n) is 9.03. The molecule has 2 aliphatic rings. The van der Waals surface area contributed by atoms with Crippen LogP contribution in [0.2, 0.25) is 0 Å². The van der Waals surface area contributed by atoms with Crippen LogP contribution < -0.4 is 0 Å². The smallest absolute Gasteiger partial charge is 0.318 e. The molecule has 3 rings (SSSR count). The fourth-order valence-corrected chi connectivity index (χ4v) is 4.55. The number of carbonyl (C=O) groups is 1. The van der Waals surface area contributed by atoms with E-state index in [-0.39, 0.29) is 16.7 Å². The molecule has 0 radical (unpaired) electrons. The van der Waals surface area contributed by atoms with Crippen molar-refractivity contribution >= 4 is 5.97 Å². The Bertz CT molecular complexity index is 807. The SMILES string of the molecule is CC=CC1(C(=O)O)C=CC=CC1c1ccc2c(c1)C(C)(C)CCC2(C)C. The highest BCUT2D eigenvalue weighted by Crippen LogP contribution is 2.49. The number of rotatable bonds is 3. The second-order valence-corrected chi connectivity index (χ2v) is 9.03. The highest BCUT2D eigenvalue weighted by Gasteiger charge is 2.43. The van der Waals surface area contributed by atoms with Crippen LogP contribution in [0, 0.1) is 5.41 Å². The Hall–Kier alpha value is -2.09. The van der Waals surface area contributed by atoms with Crippen molar-refractivity contribution in [2.75, 3.05) is 0 Å². The van der Waals surface area contributed by atoms with E-state index in [0.717, 1.165) is 12.0 Å². The predicted molar refractivity (Wildman–Crippen MR) is 108 cm³/mol. The van der Waals surface area contributed by atoms with Crippen LogP contribution in [0.1, 0.15) is 70.1 Å². The summed E-state index contributed by atoms with van der Waals surface area (Å²) in [6, 6.07) is 6.64. The van der Waals surface area contributed by atoms with Crippen molar-refractivity contribution < 1.29 is 9.90 Å². The summed E-state index contributed by atoms with van der Waals surface area (Å²) < 4.78 is 0. The molecule has 2 nitrogen and oxygen atoms in total. The average Bonchev–Trinajstić information content (AvgIpc) is 2.59. The van der Waals surface area contributed by atoms with E-state index in [2.05, 4.69) is 45.9 Å². The molecule has 0 saturated carbocycles. The van der Waals surface area contributed by atoms with E-state index in [1.807, 2.05) is 43.4 Å². The third-order valence-electron chi connectivity index (χ3n) is 6.35. The number of carboxylic acids is 1. The lowest BCUT2D eigenvalue weighted by Gasteiger charge is -2.43. The van der Waals surface area contributed by atoms with E-state index in [1.54, 1.807) is 0 Å². The lowest BCUT2D eigenvalue weighted by Crippen LogP contribution is -2.36. The molecule has 0 bridgehead atoms. The molecule has 1 aromatic rings. The number of fused-ring (bicyclic) bond motifs is 1. The zero-order chi connectivity index (χ0) is 19.2. The van der Waals surface area contributed by atoms with Gasteiger partial charge in [0.15, 0.2) is 0 Å². The summed E-state index contributed by atoms with van der Waals surface area (Å²) in [5, 5.41) is 10.0. The molecular formula is C24H30O2. The fourth-order valence-electron chi connectivity index (χ4n) is 4.55. The summed E-state index contributed by atoms with van der Waals surface area (Å²) in [4.78, 5) is 12.2. The first kappa shape index (κ1) is 18.7. The van der Waals surface area contributed by atoms with Crippen LogP contribution in [-0.4, -0.2) is 11.1 Å². The fraction of sp³-hybridized carbons (Fsp3) is 0.458. The highest BCUT2D eigenvalue weighted by molar-refractivity contribution is 5.82. The molecule has 0 amide bonds. The maximum atomic E-state index is 12.2. The summed E-state index contributed by atoms with van der Waals surface area (Å²) in [5.74, 6) is -1.01. The number of hydrogen-bond donors (Lipinski definition) is 1. The topological polar surface area (TPSA) is 37.3 Å². The van der Waals surface area contributed by atoms with Crippen LogP contribution in [0.15, 0.2) is 54.7 Å². The first-order valence-corrected chi connectivity index (χ1v) is 9.52. The van der Waals surface area contributed by atoms with Gasteiger partial charge in [-0.2, -0.15) is 0 Å².